The number of hydrogen-bond donors (Lipinski definition) is 1. The molecule has 0 bridgehead atoms. The van der Waals surface area contributed by atoms with Gasteiger partial charge in [-0.05, 0) is 68.1 Å². The topological polar surface area (TPSA) is 105 Å². The molecule has 2 amide bonds. The average Bonchev–Trinajstić information content (AvgIpc) is 3.53. The van der Waals surface area contributed by atoms with Crippen molar-refractivity contribution in [3.8, 4) is 11.5 Å². The maximum Gasteiger partial charge on any atom is 0.264 e. The number of sulfonamides is 1. The summed E-state index contributed by atoms with van der Waals surface area (Å²) in [7, 11) is -1.45. The van der Waals surface area contributed by atoms with Crippen molar-refractivity contribution in [3.05, 3.63) is 83.7 Å². The lowest BCUT2D eigenvalue weighted by Gasteiger charge is -2.34. The number of carbonyl (C=O) groups excluding carboxylic acids is 2. The number of nitrogens with zero attached hydrogens (tertiary/aromatic N) is 2. The van der Waals surface area contributed by atoms with Crippen LogP contribution in [0.15, 0.2) is 71.6 Å². The molecule has 44 heavy (non-hydrogen) atoms. The molecule has 3 aromatic carbocycles. The Morgan fingerprint density at radius 3 is 2.23 bits per heavy atom. The molecule has 1 atom stereocenters. The zero-order valence-corrected chi connectivity index (χ0v) is 26.4. The molecule has 1 aliphatic rings. The Bertz CT molecular complexity index is 1540. The van der Waals surface area contributed by atoms with Gasteiger partial charge in [-0.15, -0.1) is 0 Å². The molecule has 1 saturated carbocycles. The fraction of sp³-hybridized carbons (Fsp3) is 0.394. The maximum atomic E-state index is 14.3. The predicted octanol–water partition coefficient (Wildman–Crippen LogP) is 5.21. The lowest BCUT2D eigenvalue weighted by Crippen LogP contribution is -2.53. The summed E-state index contributed by atoms with van der Waals surface area (Å²) < 4.78 is 54.0. The zero-order valence-electron chi connectivity index (χ0n) is 25.6. The van der Waals surface area contributed by atoms with Crippen LogP contribution in [0.25, 0.3) is 0 Å². The van der Waals surface area contributed by atoms with Gasteiger partial charge in [0.1, 0.15) is 29.9 Å². The third kappa shape index (κ3) is 7.68. The quantitative estimate of drug-likeness (QED) is 0.280. The van der Waals surface area contributed by atoms with Crippen molar-refractivity contribution in [1.82, 2.24) is 10.2 Å². The van der Waals surface area contributed by atoms with Crippen LogP contribution in [-0.4, -0.2) is 58.0 Å². The van der Waals surface area contributed by atoms with E-state index in [1.165, 1.54) is 49.5 Å². The van der Waals surface area contributed by atoms with E-state index >= 15 is 0 Å². The smallest absolute Gasteiger partial charge is 0.264 e. The van der Waals surface area contributed by atoms with Gasteiger partial charge in [-0.2, -0.15) is 0 Å². The molecule has 0 heterocycles. The van der Waals surface area contributed by atoms with Crippen LogP contribution in [0.5, 0.6) is 11.5 Å². The van der Waals surface area contributed by atoms with Crippen LogP contribution in [0.3, 0.4) is 0 Å². The number of ether oxygens (including phenoxy) is 2. The number of rotatable bonds is 13. The molecular formula is C33H40FN3O6S. The molecule has 4 rings (SSSR count). The Morgan fingerprint density at radius 1 is 0.977 bits per heavy atom. The van der Waals surface area contributed by atoms with Crippen molar-refractivity contribution in [2.75, 3.05) is 25.1 Å². The Kier molecular flexibility index (Phi) is 10.9. The molecule has 0 saturated heterocycles. The van der Waals surface area contributed by atoms with E-state index in [1.54, 1.807) is 43.3 Å². The summed E-state index contributed by atoms with van der Waals surface area (Å²) in [6.45, 7) is 2.99. The van der Waals surface area contributed by atoms with E-state index in [4.69, 9.17) is 9.47 Å². The van der Waals surface area contributed by atoms with Gasteiger partial charge < -0.3 is 19.7 Å². The molecular weight excluding hydrogens is 585 g/mol. The second-order valence-electron chi connectivity index (χ2n) is 10.9. The molecule has 0 aliphatic heterocycles. The second-order valence-corrected chi connectivity index (χ2v) is 12.8. The standard InChI is InChI=1S/C33H40FN3O6S/c1-5-29(33(39)35-26-8-6-7-9-26)36(21-24-12-14-25(34)15-13-24)32(38)22-37(30-20-27(42-3)16-19-31(30)43-4)44(40,41)28-17-10-23(2)11-18-28/h10-20,26,29H,5-9,21-22H2,1-4H3,(H,35,39)/t29-/m0/s1. The number of nitrogens with one attached hydrogen (secondary N) is 1. The van der Waals surface area contributed by atoms with Crippen LogP contribution in [0.4, 0.5) is 10.1 Å². The fourth-order valence-corrected chi connectivity index (χ4v) is 6.83. The highest BCUT2D eigenvalue weighted by molar-refractivity contribution is 7.92. The second kappa shape index (κ2) is 14.6. The summed E-state index contributed by atoms with van der Waals surface area (Å²) in [5.41, 5.74) is 1.57. The first-order valence-corrected chi connectivity index (χ1v) is 16.2. The van der Waals surface area contributed by atoms with Gasteiger partial charge in [0.15, 0.2) is 0 Å². The van der Waals surface area contributed by atoms with Crippen molar-refractivity contribution >= 4 is 27.5 Å². The van der Waals surface area contributed by atoms with Gasteiger partial charge in [0, 0.05) is 18.7 Å². The summed E-state index contributed by atoms with van der Waals surface area (Å²) >= 11 is 0. The van der Waals surface area contributed by atoms with Crippen molar-refractivity contribution in [1.29, 1.82) is 0 Å². The molecule has 1 aliphatic carbocycles. The minimum Gasteiger partial charge on any atom is -0.497 e. The van der Waals surface area contributed by atoms with Crippen molar-refractivity contribution < 1.29 is 31.9 Å². The summed E-state index contributed by atoms with van der Waals surface area (Å²) in [6.07, 6.45) is 4.07. The van der Waals surface area contributed by atoms with Crippen LogP contribution in [0.1, 0.15) is 50.2 Å². The van der Waals surface area contributed by atoms with Crippen LogP contribution in [-0.2, 0) is 26.2 Å². The predicted molar refractivity (Wildman–Crippen MR) is 167 cm³/mol. The molecule has 1 fully saturated rings. The first-order valence-electron chi connectivity index (χ1n) is 14.7. The summed E-state index contributed by atoms with van der Waals surface area (Å²) in [5.74, 6) is -0.767. The Labute approximate surface area is 259 Å². The van der Waals surface area contributed by atoms with E-state index < -0.39 is 34.3 Å². The van der Waals surface area contributed by atoms with Gasteiger partial charge in [0.05, 0.1) is 24.8 Å². The van der Waals surface area contributed by atoms with Gasteiger partial charge in [0.2, 0.25) is 11.8 Å². The molecule has 3 aromatic rings. The molecule has 236 valence electrons. The van der Waals surface area contributed by atoms with Crippen molar-refractivity contribution in [2.45, 2.75) is 69.5 Å². The van der Waals surface area contributed by atoms with E-state index in [9.17, 15) is 22.4 Å². The van der Waals surface area contributed by atoms with Gasteiger partial charge in [0.25, 0.3) is 10.0 Å². The largest absolute Gasteiger partial charge is 0.497 e. The van der Waals surface area contributed by atoms with Gasteiger partial charge >= 0.3 is 0 Å². The van der Waals surface area contributed by atoms with Crippen LogP contribution in [0, 0.1) is 12.7 Å². The normalized spacial score (nSPS) is 14.1. The molecule has 11 heteroatoms. The highest BCUT2D eigenvalue weighted by Gasteiger charge is 2.35. The highest BCUT2D eigenvalue weighted by Crippen LogP contribution is 2.36. The summed E-state index contributed by atoms with van der Waals surface area (Å²) in [4.78, 5) is 29.3. The van der Waals surface area contributed by atoms with Gasteiger partial charge in [-0.1, -0.05) is 49.6 Å². The molecule has 0 unspecified atom stereocenters. The molecule has 0 radical (unpaired) electrons. The first kappa shape index (κ1) is 32.8. The Hall–Kier alpha value is -4.12. The van der Waals surface area contributed by atoms with Gasteiger partial charge in [-0.3, -0.25) is 13.9 Å². The third-order valence-electron chi connectivity index (χ3n) is 7.90. The van der Waals surface area contributed by atoms with Crippen LogP contribution in [0.2, 0.25) is 0 Å². The lowest BCUT2D eigenvalue weighted by molar-refractivity contribution is -0.140. The molecule has 0 spiro atoms. The van der Waals surface area contributed by atoms with Crippen LogP contribution < -0.4 is 19.1 Å². The number of aryl methyl sites for hydroxylation is 1. The SMILES string of the molecule is CC[C@@H](C(=O)NC1CCCC1)N(Cc1ccc(F)cc1)C(=O)CN(c1cc(OC)ccc1OC)S(=O)(=O)c1ccc(C)cc1. The minimum absolute atomic E-state index is 0.0168. The van der Waals surface area contributed by atoms with E-state index in [1.807, 2.05) is 6.92 Å². The van der Waals surface area contributed by atoms with Gasteiger partial charge in [-0.25, -0.2) is 12.8 Å². The molecule has 9 nitrogen and oxygen atoms in total. The zero-order chi connectivity index (χ0) is 31.9. The van der Waals surface area contributed by atoms with Crippen LogP contribution >= 0.6 is 0 Å². The summed E-state index contributed by atoms with van der Waals surface area (Å²) in [6, 6.07) is 15.8. The Morgan fingerprint density at radius 2 is 1.64 bits per heavy atom. The van der Waals surface area contributed by atoms with Crippen molar-refractivity contribution in [3.63, 3.8) is 0 Å². The number of hydrogen-bond acceptors (Lipinski definition) is 6. The Balaban J connectivity index is 1.78. The number of methoxy groups -OCH3 is 2. The van der Waals surface area contributed by atoms with E-state index in [-0.39, 0.29) is 34.8 Å². The fourth-order valence-electron chi connectivity index (χ4n) is 5.42. The molecule has 1 N–H and O–H groups in total. The number of benzene rings is 3. The number of amides is 2. The first-order chi connectivity index (χ1) is 21.1. The monoisotopic (exact) mass is 625 g/mol. The minimum atomic E-state index is -4.31. The van der Waals surface area contributed by atoms with E-state index in [2.05, 4.69) is 5.32 Å². The van der Waals surface area contributed by atoms with E-state index in [0.29, 0.717) is 17.7 Å². The highest BCUT2D eigenvalue weighted by atomic mass is 32.2. The number of carbonyl (C=O) groups is 2. The number of halogens is 1. The van der Waals surface area contributed by atoms with Crippen molar-refractivity contribution in [2.24, 2.45) is 0 Å². The average molecular weight is 626 g/mol. The molecule has 0 aromatic heterocycles. The van der Waals surface area contributed by atoms with E-state index in [0.717, 1.165) is 35.6 Å². The third-order valence-corrected chi connectivity index (χ3v) is 9.67. The maximum absolute atomic E-state index is 14.3. The lowest BCUT2D eigenvalue weighted by atomic mass is 10.1. The summed E-state index contributed by atoms with van der Waals surface area (Å²) in [5, 5.41) is 3.08. The number of anilines is 1.